The van der Waals surface area contributed by atoms with Crippen LogP contribution in [-0.4, -0.2) is 20.4 Å². The number of Topliss-reactive ketones (excluding diaryl/α,β-unsaturated/α-hetero) is 1. The van der Waals surface area contributed by atoms with Crippen molar-refractivity contribution in [3.63, 3.8) is 0 Å². The van der Waals surface area contributed by atoms with Crippen molar-refractivity contribution in [2.45, 2.75) is 26.7 Å². The second kappa shape index (κ2) is 6.33. The first-order valence-corrected chi connectivity index (χ1v) is 8.24. The summed E-state index contributed by atoms with van der Waals surface area (Å²) in [5.41, 5.74) is 0.648. The van der Waals surface area contributed by atoms with Crippen LogP contribution in [0.2, 0.25) is 5.02 Å². The Labute approximate surface area is 149 Å². The highest BCUT2D eigenvalue weighted by atomic mass is 35.5. The number of halogens is 1. The molecule has 0 atom stereocenters. The summed E-state index contributed by atoms with van der Waals surface area (Å²) in [7, 11) is 0. The number of carbonyl (C=O) groups is 1. The van der Waals surface area contributed by atoms with Gasteiger partial charge in [-0.25, -0.2) is 4.98 Å². The lowest BCUT2D eigenvalue weighted by atomic mass is 10.0. The molecule has 2 aromatic carbocycles. The summed E-state index contributed by atoms with van der Waals surface area (Å²) in [4.78, 5) is 29.6. The molecule has 0 radical (unpaired) electrons. The first kappa shape index (κ1) is 17.2. The molecule has 0 saturated heterocycles. The maximum absolute atomic E-state index is 13.1. The minimum atomic E-state index is -0.339. The van der Waals surface area contributed by atoms with Crippen LogP contribution < -0.4 is 5.56 Å². The van der Waals surface area contributed by atoms with Gasteiger partial charge in [-0.05, 0) is 43.3 Å². The lowest BCUT2D eigenvalue weighted by Gasteiger charge is -2.17. The molecule has 1 heterocycles. The van der Waals surface area contributed by atoms with Gasteiger partial charge in [-0.3, -0.25) is 14.2 Å². The van der Waals surface area contributed by atoms with Crippen LogP contribution in [0, 0.1) is 0 Å². The van der Waals surface area contributed by atoms with Crippen molar-refractivity contribution >= 4 is 28.3 Å². The first-order chi connectivity index (χ1) is 11.8. The predicted octanol–water partition coefficient (Wildman–Crippen LogP) is 4.07. The number of phenolic OH excluding ortho intramolecular Hbond substituents is 1. The first-order valence-electron chi connectivity index (χ1n) is 7.86. The molecule has 6 heteroatoms. The standard InChI is InChI=1S/C19H17ClN2O3/c1-10(2)18-21-17-14(8-9-15(24)16(17)11(3)23)19(25)22(18)13-6-4-12(20)5-7-13/h4-10,24H,1-3H3. The smallest absolute Gasteiger partial charge is 0.266 e. The molecule has 0 spiro atoms. The highest BCUT2D eigenvalue weighted by Gasteiger charge is 2.20. The molecular weight excluding hydrogens is 340 g/mol. The van der Waals surface area contributed by atoms with E-state index in [-0.39, 0.29) is 39.5 Å². The van der Waals surface area contributed by atoms with Gasteiger partial charge in [0, 0.05) is 10.9 Å². The van der Waals surface area contributed by atoms with Gasteiger partial charge in [0.25, 0.3) is 5.56 Å². The fourth-order valence-corrected chi connectivity index (χ4v) is 2.96. The number of carbonyl (C=O) groups excluding carboxylic acids is 1. The van der Waals surface area contributed by atoms with Gasteiger partial charge in [-0.1, -0.05) is 25.4 Å². The average molecular weight is 357 g/mol. The van der Waals surface area contributed by atoms with E-state index in [2.05, 4.69) is 4.98 Å². The largest absolute Gasteiger partial charge is 0.507 e. The number of aromatic nitrogens is 2. The highest BCUT2D eigenvalue weighted by Crippen LogP contribution is 2.27. The number of fused-ring (bicyclic) bond motifs is 1. The van der Waals surface area contributed by atoms with E-state index in [1.165, 1.54) is 23.6 Å². The van der Waals surface area contributed by atoms with Crippen LogP contribution in [0.5, 0.6) is 5.75 Å². The second-order valence-electron chi connectivity index (χ2n) is 6.15. The summed E-state index contributed by atoms with van der Waals surface area (Å²) in [5.74, 6) is -0.0809. The molecular formula is C19H17ClN2O3. The Bertz CT molecular complexity index is 1040. The summed E-state index contributed by atoms with van der Waals surface area (Å²) >= 11 is 5.94. The van der Waals surface area contributed by atoms with Crippen LogP contribution >= 0.6 is 11.6 Å². The van der Waals surface area contributed by atoms with Crippen LogP contribution in [0.25, 0.3) is 16.6 Å². The monoisotopic (exact) mass is 356 g/mol. The van der Waals surface area contributed by atoms with E-state index in [1.807, 2.05) is 13.8 Å². The molecule has 0 unspecified atom stereocenters. The molecule has 128 valence electrons. The molecule has 0 fully saturated rings. The summed E-state index contributed by atoms with van der Waals surface area (Å²) in [5, 5.41) is 10.9. The maximum atomic E-state index is 13.1. The Balaban J connectivity index is 2.47. The highest BCUT2D eigenvalue weighted by molar-refractivity contribution is 6.30. The second-order valence-corrected chi connectivity index (χ2v) is 6.59. The Morgan fingerprint density at radius 3 is 2.36 bits per heavy atom. The third kappa shape index (κ3) is 2.91. The predicted molar refractivity (Wildman–Crippen MR) is 98.1 cm³/mol. The molecule has 0 amide bonds. The van der Waals surface area contributed by atoms with E-state index in [1.54, 1.807) is 24.3 Å². The quantitative estimate of drug-likeness (QED) is 0.718. The minimum absolute atomic E-state index is 0.0692. The summed E-state index contributed by atoms with van der Waals surface area (Å²) in [6.07, 6.45) is 0. The molecule has 3 aromatic rings. The number of phenols is 1. The third-order valence-corrected chi connectivity index (χ3v) is 4.25. The van der Waals surface area contributed by atoms with E-state index in [9.17, 15) is 14.7 Å². The minimum Gasteiger partial charge on any atom is -0.507 e. The van der Waals surface area contributed by atoms with Gasteiger partial charge >= 0.3 is 0 Å². The zero-order valence-corrected chi connectivity index (χ0v) is 14.8. The van der Waals surface area contributed by atoms with Gasteiger partial charge < -0.3 is 5.11 Å². The van der Waals surface area contributed by atoms with Gasteiger partial charge in [0.2, 0.25) is 0 Å². The molecule has 0 aliphatic rings. The van der Waals surface area contributed by atoms with Gasteiger partial charge in [-0.15, -0.1) is 0 Å². The van der Waals surface area contributed by atoms with Crippen molar-refractivity contribution in [1.29, 1.82) is 0 Å². The SMILES string of the molecule is CC(=O)c1c(O)ccc2c(=O)n(-c3ccc(Cl)cc3)c(C(C)C)nc12. The molecule has 1 aromatic heterocycles. The summed E-state index contributed by atoms with van der Waals surface area (Å²) in [6.45, 7) is 5.17. The van der Waals surface area contributed by atoms with E-state index in [4.69, 9.17) is 11.6 Å². The van der Waals surface area contributed by atoms with Gasteiger partial charge in [-0.2, -0.15) is 0 Å². The van der Waals surface area contributed by atoms with Crippen molar-refractivity contribution in [1.82, 2.24) is 9.55 Å². The topological polar surface area (TPSA) is 72.2 Å². The number of rotatable bonds is 3. The number of aromatic hydroxyl groups is 1. The van der Waals surface area contributed by atoms with Crippen LogP contribution in [0.1, 0.15) is 42.9 Å². The van der Waals surface area contributed by atoms with Crippen LogP contribution in [-0.2, 0) is 0 Å². The Morgan fingerprint density at radius 1 is 1.16 bits per heavy atom. The Hall–Kier alpha value is -2.66. The molecule has 25 heavy (non-hydrogen) atoms. The Morgan fingerprint density at radius 2 is 1.80 bits per heavy atom. The summed E-state index contributed by atoms with van der Waals surface area (Å²) < 4.78 is 1.52. The molecule has 0 bridgehead atoms. The zero-order chi connectivity index (χ0) is 18.3. The molecule has 1 N–H and O–H groups in total. The van der Waals surface area contributed by atoms with E-state index >= 15 is 0 Å². The number of nitrogens with zero attached hydrogens (tertiary/aromatic N) is 2. The number of ketones is 1. The van der Waals surface area contributed by atoms with Gasteiger partial charge in [0.05, 0.1) is 22.2 Å². The van der Waals surface area contributed by atoms with E-state index < -0.39 is 0 Å². The average Bonchev–Trinajstić information content (AvgIpc) is 2.55. The lowest BCUT2D eigenvalue weighted by Crippen LogP contribution is -2.25. The number of benzene rings is 2. The van der Waals surface area contributed by atoms with Crippen molar-refractivity contribution in [2.75, 3.05) is 0 Å². The number of hydrogen-bond donors (Lipinski definition) is 1. The van der Waals surface area contributed by atoms with Crippen molar-refractivity contribution < 1.29 is 9.90 Å². The van der Waals surface area contributed by atoms with Crippen molar-refractivity contribution in [2.24, 2.45) is 0 Å². The maximum Gasteiger partial charge on any atom is 0.266 e. The molecule has 0 aliphatic carbocycles. The molecule has 0 aliphatic heterocycles. The third-order valence-electron chi connectivity index (χ3n) is 4.00. The Kier molecular flexibility index (Phi) is 4.35. The number of hydrogen-bond acceptors (Lipinski definition) is 4. The van der Waals surface area contributed by atoms with Crippen molar-refractivity contribution in [3.8, 4) is 11.4 Å². The van der Waals surface area contributed by atoms with Gasteiger partial charge in [0.1, 0.15) is 11.6 Å². The van der Waals surface area contributed by atoms with Crippen LogP contribution in [0.15, 0.2) is 41.2 Å². The van der Waals surface area contributed by atoms with Crippen molar-refractivity contribution in [3.05, 3.63) is 63.2 Å². The van der Waals surface area contributed by atoms with E-state index in [0.29, 0.717) is 16.5 Å². The fourth-order valence-electron chi connectivity index (χ4n) is 2.83. The molecule has 5 nitrogen and oxygen atoms in total. The molecule has 3 rings (SSSR count). The van der Waals surface area contributed by atoms with Gasteiger partial charge in [0.15, 0.2) is 5.78 Å². The fraction of sp³-hybridized carbons (Fsp3) is 0.211. The molecule has 0 saturated carbocycles. The lowest BCUT2D eigenvalue weighted by molar-refractivity contribution is 0.101. The summed E-state index contributed by atoms with van der Waals surface area (Å²) in [6, 6.07) is 9.74. The van der Waals surface area contributed by atoms with Crippen LogP contribution in [0.3, 0.4) is 0 Å². The normalized spacial score (nSPS) is 11.2. The van der Waals surface area contributed by atoms with E-state index in [0.717, 1.165) is 0 Å². The zero-order valence-electron chi connectivity index (χ0n) is 14.1. The van der Waals surface area contributed by atoms with Crippen LogP contribution in [0.4, 0.5) is 0 Å².